The van der Waals surface area contributed by atoms with Crippen LogP contribution in [0.4, 0.5) is 5.69 Å². The second-order valence-corrected chi connectivity index (χ2v) is 4.63. The summed E-state index contributed by atoms with van der Waals surface area (Å²) in [6.07, 6.45) is 0.954. The summed E-state index contributed by atoms with van der Waals surface area (Å²) in [5, 5.41) is 3.51. The summed E-state index contributed by atoms with van der Waals surface area (Å²) < 4.78 is 0. The summed E-state index contributed by atoms with van der Waals surface area (Å²) in [6, 6.07) is 5.49. The van der Waals surface area contributed by atoms with Gasteiger partial charge in [0.2, 0.25) is 5.91 Å². The van der Waals surface area contributed by atoms with Crippen molar-refractivity contribution in [1.29, 1.82) is 0 Å². The van der Waals surface area contributed by atoms with Gasteiger partial charge in [-0.05, 0) is 18.6 Å². The number of carbonyl (C=O) groups is 1. The number of amides is 1. The number of nitrogens with one attached hydrogen (secondary N) is 1. The summed E-state index contributed by atoms with van der Waals surface area (Å²) >= 11 is 6.12. The molecule has 1 aliphatic heterocycles. The Labute approximate surface area is 106 Å². The van der Waals surface area contributed by atoms with Crippen LogP contribution in [0.5, 0.6) is 0 Å². The van der Waals surface area contributed by atoms with Crippen molar-refractivity contribution in [3.8, 4) is 0 Å². The van der Waals surface area contributed by atoms with Crippen LogP contribution in [0.2, 0.25) is 5.02 Å². The maximum Gasteiger partial charge on any atom is 0.234 e. The topological polar surface area (TPSA) is 58.4 Å². The molecule has 0 aromatic heterocycles. The molecule has 3 N–H and O–H groups in total. The van der Waals surface area contributed by atoms with Crippen molar-refractivity contribution in [2.24, 2.45) is 0 Å². The van der Waals surface area contributed by atoms with Crippen molar-refractivity contribution < 1.29 is 4.79 Å². The number of hydrogen-bond donors (Lipinski definition) is 2. The highest BCUT2D eigenvalue weighted by molar-refractivity contribution is 6.31. The first-order valence-corrected chi connectivity index (χ1v) is 6.06. The lowest BCUT2D eigenvalue weighted by Crippen LogP contribution is -2.32. The Hall–Kier alpha value is -1.26. The second kappa shape index (κ2) is 5.38. The molecule has 0 unspecified atom stereocenters. The average Bonchev–Trinajstić information content (AvgIpc) is 2.48. The molecule has 0 bridgehead atoms. The van der Waals surface area contributed by atoms with Crippen molar-refractivity contribution in [1.82, 2.24) is 10.2 Å². The molecule has 2 rings (SSSR count). The van der Waals surface area contributed by atoms with Gasteiger partial charge in [0.1, 0.15) is 0 Å². The number of nitrogens with zero attached hydrogens (tertiary/aromatic N) is 1. The molecule has 17 heavy (non-hydrogen) atoms. The number of nitrogens with two attached hydrogens (primary N) is 1. The van der Waals surface area contributed by atoms with E-state index in [2.05, 4.69) is 10.2 Å². The highest BCUT2D eigenvalue weighted by atomic mass is 35.5. The Morgan fingerprint density at radius 1 is 1.47 bits per heavy atom. The van der Waals surface area contributed by atoms with Gasteiger partial charge in [0, 0.05) is 35.9 Å². The predicted octanol–water partition coefficient (Wildman–Crippen LogP) is 1.24. The van der Waals surface area contributed by atoms with Crippen molar-refractivity contribution in [2.45, 2.75) is 13.0 Å². The molecule has 1 fully saturated rings. The van der Waals surface area contributed by atoms with Gasteiger partial charge in [0.15, 0.2) is 0 Å². The molecule has 1 saturated heterocycles. The van der Waals surface area contributed by atoms with Gasteiger partial charge in [-0.25, -0.2) is 0 Å². The molecular weight excluding hydrogens is 238 g/mol. The smallest absolute Gasteiger partial charge is 0.234 e. The van der Waals surface area contributed by atoms with E-state index < -0.39 is 0 Å². The summed E-state index contributed by atoms with van der Waals surface area (Å²) in [7, 11) is 0. The standard InChI is InChI=1S/C12H16ClN3O/c13-10-3-1-4-11(14)9(10)7-16-6-2-5-15-12(17)8-16/h1,3-4H,2,5-8,14H2,(H,15,17). The first-order valence-electron chi connectivity index (χ1n) is 5.69. The van der Waals surface area contributed by atoms with Crippen LogP contribution in [0.15, 0.2) is 18.2 Å². The summed E-state index contributed by atoms with van der Waals surface area (Å²) in [4.78, 5) is 13.5. The van der Waals surface area contributed by atoms with Gasteiger partial charge in [-0.1, -0.05) is 17.7 Å². The number of benzene rings is 1. The lowest BCUT2D eigenvalue weighted by molar-refractivity contribution is -0.121. The quantitative estimate of drug-likeness (QED) is 0.780. The van der Waals surface area contributed by atoms with Crippen LogP contribution in [0, 0.1) is 0 Å². The molecule has 0 saturated carbocycles. The number of anilines is 1. The lowest BCUT2D eigenvalue weighted by atomic mass is 10.1. The molecule has 1 aliphatic rings. The van der Waals surface area contributed by atoms with E-state index in [0.717, 1.165) is 25.1 Å². The second-order valence-electron chi connectivity index (χ2n) is 4.22. The van der Waals surface area contributed by atoms with Crippen molar-refractivity contribution in [3.63, 3.8) is 0 Å². The minimum atomic E-state index is 0.0631. The normalized spacial score (nSPS) is 17.6. The highest BCUT2D eigenvalue weighted by Gasteiger charge is 2.16. The first-order chi connectivity index (χ1) is 8.16. The molecule has 0 atom stereocenters. The van der Waals surface area contributed by atoms with E-state index in [1.54, 1.807) is 0 Å². The monoisotopic (exact) mass is 253 g/mol. The van der Waals surface area contributed by atoms with Crippen LogP contribution < -0.4 is 11.1 Å². The number of halogens is 1. The average molecular weight is 254 g/mol. The van der Waals surface area contributed by atoms with Gasteiger partial charge in [0.05, 0.1) is 6.54 Å². The Kier molecular flexibility index (Phi) is 3.86. The largest absolute Gasteiger partial charge is 0.398 e. The zero-order chi connectivity index (χ0) is 12.3. The minimum Gasteiger partial charge on any atom is -0.398 e. The van der Waals surface area contributed by atoms with Crippen LogP contribution in [-0.4, -0.2) is 30.4 Å². The molecule has 1 aromatic carbocycles. The molecule has 1 aromatic rings. The Morgan fingerprint density at radius 3 is 3.06 bits per heavy atom. The molecule has 1 amide bonds. The number of hydrogen-bond acceptors (Lipinski definition) is 3. The minimum absolute atomic E-state index is 0.0631. The zero-order valence-corrected chi connectivity index (χ0v) is 10.3. The maximum atomic E-state index is 11.4. The number of rotatable bonds is 2. The molecule has 5 heteroatoms. The number of carbonyl (C=O) groups excluding carboxylic acids is 1. The fraction of sp³-hybridized carbons (Fsp3) is 0.417. The summed E-state index contributed by atoms with van der Waals surface area (Å²) in [5.74, 6) is 0.0631. The van der Waals surface area contributed by atoms with Gasteiger partial charge in [-0.3, -0.25) is 9.69 Å². The van der Waals surface area contributed by atoms with Gasteiger partial charge >= 0.3 is 0 Å². The molecular formula is C12H16ClN3O. The molecule has 4 nitrogen and oxygen atoms in total. The fourth-order valence-electron chi connectivity index (χ4n) is 1.97. The number of nitrogen functional groups attached to an aromatic ring is 1. The van der Waals surface area contributed by atoms with E-state index in [0.29, 0.717) is 23.8 Å². The molecule has 92 valence electrons. The van der Waals surface area contributed by atoms with Crippen LogP contribution in [0.1, 0.15) is 12.0 Å². The van der Waals surface area contributed by atoms with Crippen molar-refractivity contribution in [3.05, 3.63) is 28.8 Å². The molecule has 1 heterocycles. The Balaban J connectivity index is 2.11. The molecule has 0 aliphatic carbocycles. The highest BCUT2D eigenvalue weighted by Crippen LogP contribution is 2.23. The Morgan fingerprint density at radius 2 is 2.29 bits per heavy atom. The summed E-state index contributed by atoms with van der Waals surface area (Å²) in [6.45, 7) is 2.65. The fourth-order valence-corrected chi connectivity index (χ4v) is 2.21. The van der Waals surface area contributed by atoms with Gasteiger partial charge in [-0.15, -0.1) is 0 Å². The van der Waals surface area contributed by atoms with E-state index >= 15 is 0 Å². The zero-order valence-electron chi connectivity index (χ0n) is 9.58. The third kappa shape index (κ3) is 3.11. The van der Waals surface area contributed by atoms with Crippen LogP contribution in [-0.2, 0) is 11.3 Å². The van der Waals surface area contributed by atoms with E-state index in [9.17, 15) is 4.79 Å². The van der Waals surface area contributed by atoms with Crippen LogP contribution >= 0.6 is 11.6 Å². The SMILES string of the molecule is Nc1cccc(Cl)c1CN1CCCNC(=O)C1. The molecule has 0 radical (unpaired) electrons. The van der Waals surface area contributed by atoms with Gasteiger partial charge < -0.3 is 11.1 Å². The van der Waals surface area contributed by atoms with Crippen molar-refractivity contribution in [2.75, 3.05) is 25.4 Å². The van der Waals surface area contributed by atoms with E-state index in [4.69, 9.17) is 17.3 Å². The summed E-state index contributed by atoms with van der Waals surface area (Å²) in [5.41, 5.74) is 7.49. The maximum absolute atomic E-state index is 11.4. The van der Waals surface area contributed by atoms with E-state index in [-0.39, 0.29) is 5.91 Å². The van der Waals surface area contributed by atoms with Crippen LogP contribution in [0.25, 0.3) is 0 Å². The lowest BCUT2D eigenvalue weighted by Gasteiger charge is -2.20. The van der Waals surface area contributed by atoms with Gasteiger partial charge in [-0.2, -0.15) is 0 Å². The van der Waals surface area contributed by atoms with Crippen molar-refractivity contribution >= 4 is 23.2 Å². The van der Waals surface area contributed by atoms with E-state index in [1.165, 1.54) is 0 Å². The predicted molar refractivity (Wildman–Crippen MR) is 68.8 cm³/mol. The van der Waals surface area contributed by atoms with Crippen LogP contribution in [0.3, 0.4) is 0 Å². The third-order valence-electron chi connectivity index (χ3n) is 2.88. The first kappa shape index (κ1) is 12.2. The third-order valence-corrected chi connectivity index (χ3v) is 3.23. The Bertz CT molecular complexity index is 402. The molecule has 0 spiro atoms. The van der Waals surface area contributed by atoms with Gasteiger partial charge in [0.25, 0.3) is 0 Å². The van der Waals surface area contributed by atoms with E-state index in [1.807, 2.05) is 18.2 Å².